The molecule has 0 saturated heterocycles. The van der Waals surface area contributed by atoms with Gasteiger partial charge >= 0.3 is 13.3 Å². The van der Waals surface area contributed by atoms with Crippen molar-refractivity contribution in [2.45, 2.75) is 23.9 Å². The molecule has 3 rings (SSSR count). The minimum absolute atomic E-state index is 0.00790. The monoisotopic (exact) mass is 595 g/mol. The third kappa shape index (κ3) is 7.61. The first-order valence-corrected chi connectivity index (χ1v) is 15.3. The number of aromatic hydroxyl groups is 1. The number of phenols is 1. The van der Waals surface area contributed by atoms with Gasteiger partial charge in [0.2, 0.25) is 0 Å². The Kier molecular flexibility index (Phi) is 9.66. The largest absolute Gasteiger partial charge is 0.508 e. The van der Waals surface area contributed by atoms with Gasteiger partial charge in [0.05, 0.1) is 10.2 Å². The summed E-state index contributed by atoms with van der Waals surface area (Å²) in [6.07, 6.45) is 1.11. The quantitative estimate of drug-likeness (QED) is 0.244. The average molecular weight is 596 g/mol. The van der Waals surface area contributed by atoms with Crippen molar-refractivity contribution in [3.63, 3.8) is 0 Å². The Morgan fingerprint density at radius 2 is 1.76 bits per heavy atom. The van der Waals surface area contributed by atoms with Gasteiger partial charge in [0.1, 0.15) is 11.8 Å². The van der Waals surface area contributed by atoms with Crippen LogP contribution in [0.25, 0.3) is 0 Å². The minimum atomic E-state index is -3.59. The SMILES string of the molecule is COP(=O)(C#Cc1cc(Cl)c(CN[C@@H](Cc2cccc(S(C)(=O)=O)c2)C(=O)O)c(Cl)c1)c1cccc(O)c1. The zero-order chi connectivity index (χ0) is 28.1. The number of carbonyl (C=O) groups is 1. The second kappa shape index (κ2) is 12.4. The Labute approximate surface area is 230 Å². The Morgan fingerprint density at radius 3 is 2.34 bits per heavy atom. The molecule has 2 atom stereocenters. The third-order valence-electron chi connectivity index (χ3n) is 5.50. The van der Waals surface area contributed by atoms with Crippen molar-refractivity contribution in [1.29, 1.82) is 0 Å². The van der Waals surface area contributed by atoms with E-state index in [9.17, 15) is 28.0 Å². The third-order valence-corrected chi connectivity index (χ3v) is 9.17. The van der Waals surface area contributed by atoms with Crippen LogP contribution in [-0.2, 0) is 36.7 Å². The van der Waals surface area contributed by atoms with Gasteiger partial charge < -0.3 is 14.7 Å². The molecular weight excluding hydrogens is 572 g/mol. The summed E-state index contributed by atoms with van der Waals surface area (Å²) in [7, 11) is -5.78. The zero-order valence-electron chi connectivity index (χ0n) is 20.3. The van der Waals surface area contributed by atoms with Crippen molar-refractivity contribution < 1.29 is 32.5 Å². The van der Waals surface area contributed by atoms with Crippen LogP contribution in [0.4, 0.5) is 0 Å². The average Bonchev–Trinajstić information content (AvgIpc) is 2.85. The van der Waals surface area contributed by atoms with Crippen LogP contribution in [0.5, 0.6) is 5.75 Å². The lowest BCUT2D eigenvalue weighted by atomic mass is 10.1. The second-order valence-electron chi connectivity index (χ2n) is 8.30. The molecule has 8 nitrogen and oxygen atoms in total. The maximum absolute atomic E-state index is 13.1. The van der Waals surface area contributed by atoms with Crippen molar-refractivity contribution in [1.82, 2.24) is 5.32 Å². The first-order chi connectivity index (χ1) is 17.8. The highest BCUT2D eigenvalue weighted by atomic mass is 35.5. The van der Waals surface area contributed by atoms with E-state index in [0.29, 0.717) is 16.7 Å². The summed E-state index contributed by atoms with van der Waals surface area (Å²) in [5.74, 6) is 1.53. The highest BCUT2D eigenvalue weighted by Gasteiger charge is 2.23. The molecule has 3 aromatic rings. The van der Waals surface area contributed by atoms with Crippen LogP contribution in [0.15, 0.2) is 65.6 Å². The molecule has 3 aromatic carbocycles. The topological polar surface area (TPSA) is 130 Å². The molecule has 0 radical (unpaired) electrons. The van der Waals surface area contributed by atoms with Crippen LogP contribution in [0, 0.1) is 11.6 Å². The summed E-state index contributed by atoms with van der Waals surface area (Å²) >= 11 is 12.8. The summed E-state index contributed by atoms with van der Waals surface area (Å²) in [5.41, 5.74) is 3.92. The number of sulfone groups is 1. The predicted molar refractivity (Wildman–Crippen MR) is 147 cm³/mol. The molecule has 0 spiro atoms. The number of halogens is 2. The van der Waals surface area contributed by atoms with E-state index in [0.717, 1.165) is 6.26 Å². The number of hydrogen-bond donors (Lipinski definition) is 3. The molecule has 0 aliphatic rings. The van der Waals surface area contributed by atoms with Crippen LogP contribution in [0.3, 0.4) is 0 Å². The van der Waals surface area contributed by atoms with Gasteiger partial charge in [-0.1, -0.05) is 47.3 Å². The van der Waals surface area contributed by atoms with E-state index in [4.69, 9.17) is 27.7 Å². The predicted octanol–water partition coefficient (Wildman–Crippen LogP) is 4.45. The molecular formula is C26H24Cl2NO7PS. The van der Waals surface area contributed by atoms with E-state index in [1.165, 1.54) is 55.6 Å². The number of hydrogen-bond acceptors (Lipinski definition) is 7. The first-order valence-electron chi connectivity index (χ1n) is 11.0. The Hall–Kier alpha value is -2.83. The van der Waals surface area contributed by atoms with Crippen molar-refractivity contribution in [3.05, 3.63) is 87.4 Å². The number of aliphatic carboxylic acids is 1. The Bertz CT molecular complexity index is 1560. The lowest BCUT2D eigenvalue weighted by Crippen LogP contribution is -2.38. The molecule has 0 aliphatic heterocycles. The van der Waals surface area contributed by atoms with Gasteiger partial charge in [0, 0.05) is 41.1 Å². The van der Waals surface area contributed by atoms with Crippen LogP contribution in [0.2, 0.25) is 10.0 Å². The maximum atomic E-state index is 13.1. The summed E-state index contributed by atoms with van der Waals surface area (Å²) < 4.78 is 41.9. The molecule has 0 fully saturated rings. The fourth-order valence-corrected chi connectivity index (χ4v) is 6.09. The molecule has 1 unspecified atom stereocenters. The van der Waals surface area contributed by atoms with Crippen molar-refractivity contribution in [2.75, 3.05) is 13.4 Å². The van der Waals surface area contributed by atoms with E-state index >= 15 is 0 Å². The van der Waals surface area contributed by atoms with Gasteiger partial charge in [0.15, 0.2) is 9.84 Å². The summed E-state index contributed by atoms with van der Waals surface area (Å²) in [6, 6.07) is 13.9. The Balaban J connectivity index is 1.79. The van der Waals surface area contributed by atoms with Crippen molar-refractivity contribution in [3.8, 4) is 17.3 Å². The highest BCUT2D eigenvalue weighted by Crippen LogP contribution is 2.44. The molecule has 0 aromatic heterocycles. The normalized spacial score (nSPS) is 13.7. The number of carboxylic acid groups (broad SMARTS) is 1. The second-order valence-corrected chi connectivity index (χ2v) is 13.3. The van der Waals surface area contributed by atoms with E-state index in [2.05, 4.69) is 16.9 Å². The molecule has 0 saturated carbocycles. The van der Waals surface area contributed by atoms with Gasteiger partial charge in [-0.3, -0.25) is 14.7 Å². The van der Waals surface area contributed by atoms with Gasteiger partial charge in [-0.15, -0.1) is 0 Å². The summed E-state index contributed by atoms with van der Waals surface area (Å²) in [6.45, 7) is 0.00790. The smallest absolute Gasteiger partial charge is 0.321 e. The van der Waals surface area contributed by atoms with E-state index in [1.807, 2.05) is 0 Å². The standard InChI is InChI=1S/C26H24Cl2NO7PS/c1-36-37(33,20-7-4-6-19(30)15-20)10-9-18-12-23(27)22(24(28)13-18)16-29-25(26(31)32)14-17-5-3-8-21(11-17)38(2,34)35/h3-8,11-13,15,25,29-30H,14,16H2,1-2H3,(H,31,32)/t25-,37?/m0/s1. The van der Waals surface area contributed by atoms with Gasteiger partial charge in [-0.05, 0) is 60.1 Å². The van der Waals surface area contributed by atoms with Gasteiger partial charge in [-0.25, -0.2) is 8.42 Å². The number of carboxylic acids is 1. The first kappa shape index (κ1) is 29.7. The van der Waals surface area contributed by atoms with Gasteiger partial charge in [-0.2, -0.15) is 0 Å². The van der Waals surface area contributed by atoms with Crippen LogP contribution >= 0.6 is 30.6 Å². The molecule has 0 amide bonds. The van der Waals surface area contributed by atoms with Gasteiger partial charge in [0.25, 0.3) is 0 Å². The Morgan fingerprint density at radius 1 is 1.11 bits per heavy atom. The van der Waals surface area contributed by atoms with Crippen LogP contribution in [0.1, 0.15) is 16.7 Å². The van der Waals surface area contributed by atoms with Crippen LogP contribution in [-0.4, -0.2) is 44.0 Å². The molecule has 200 valence electrons. The number of benzene rings is 3. The van der Waals surface area contributed by atoms with E-state index in [1.54, 1.807) is 12.1 Å². The lowest BCUT2D eigenvalue weighted by Gasteiger charge is -2.16. The number of nitrogens with one attached hydrogen (secondary N) is 1. The maximum Gasteiger partial charge on any atom is 0.321 e. The molecule has 0 aliphatic carbocycles. The fourth-order valence-electron chi connectivity index (χ4n) is 3.48. The van der Waals surface area contributed by atoms with Crippen molar-refractivity contribution in [2.24, 2.45) is 0 Å². The summed E-state index contributed by atoms with van der Waals surface area (Å²) in [4.78, 5) is 12.0. The number of phenolic OH excluding ortho intramolecular Hbond substituents is 1. The lowest BCUT2D eigenvalue weighted by molar-refractivity contribution is -0.139. The minimum Gasteiger partial charge on any atom is -0.508 e. The molecule has 38 heavy (non-hydrogen) atoms. The van der Waals surface area contributed by atoms with Crippen LogP contribution < -0.4 is 10.6 Å². The van der Waals surface area contributed by atoms with E-state index in [-0.39, 0.29) is 39.0 Å². The molecule has 12 heteroatoms. The van der Waals surface area contributed by atoms with E-state index < -0.39 is 29.2 Å². The highest BCUT2D eigenvalue weighted by molar-refractivity contribution is 7.90. The zero-order valence-corrected chi connectivity index (χ0v) is 23.5. The molecule has 0 heterocycles. The molecule has 0 bridgehead atoms. The molecule has 3 N–H and O–H groups in total. The summed E-state index contributed by atoms with van der Waals surface area (Å²) in [5, 5.41) is 22.9. The number of rotatable bonds is 9. The van der Waals surface area contributed by atoms with Crippen molar-refractivity contribution >= 4 is 51.7 Å². The fraction of sp³-hybridized carbons (Fsp3) is 0.192.